The fraction of sp³-hybridized carbons (Fsp3) is 0.457. The molecule has 1 aliphatic carbocycles. The van der Waals surface area contributed by atoms with E-state index in [1.54, 1.807) is 13.2 Å². The molecule has 2 aliphatic rings. The van der Waals surface area contributed by atoms with Gasteiger partial charge in [0.05, 0.1) is 20.8 Å². The van der Waals surface area contributed by atoms with Crippen molar-refractivity contribution >= 4 is 11.8 Å². The van der Waals surface area contributed by atoms with Gasteiger partial charge in [-0.1, -0.05) is 48.6 Å². The monoisotopic (exact) mass is 574 g/mol. The Balaban J connectivity index is 1.42. The normalized spacial score (nSPS) is 22.8. The molecule has 0 spiro atoms. The number of esters is 1. The average Bonchev–Trinajstić information content (AvgIpc) is 3.34. The summed E-state index contributed by atoms with van der Waals surface area (Å²) in [5, 5.41) is 0. The van der Waals surface area contributed by atoms with Crippen molar-refractivity contribution < 1.29 is 33.3 Å². The predicted octanol–water partition coefficient (Wildman–Crippen LogP) is 6.59. The van der Waals surface area contributed by atoms with Crippen LogP contribution in [0.5, 0.6) is 11.5 Å². The summed E-state index contributed by atoms with van der Waals surface area (Å²) >= 11 is 0. The number of hydrogen-bond acceptors (Lipinski definition) is 7. The van der Waals surface area contributed by atoms with E-state index < -0.39 is 18.4 Å². The number of carbonyl (C=O) groups is 2. The molecule has 2 unspecified atom stereocenters. The lowest BCUT2D eigenvalue weighted by atomic mass is 9.82. The molecular formula is C35H42O7. The topological polar surface area (TPSA) is 80.3 Å². The molecule has 42 heavy (non-hydrogen) atoms. The van der Waals surface area contributed by atoms with Crippen molar-refractivity contribution in [3.8, 4) is 11.5 Å². The number of hydrogen-bond donors (Lipinski definition) is 0. The number of rotatable bonds is 14. The summed E-state index contributed by atoms with van der Waals surface area (Å²) in [6.45, 7) is 1.19. The molecule has 1 saturated carbocycles. The number of methoxy groups -OCH3 is 2. The van der Waals surface area contributed by atoms with Gasteiger partial charge in [0.1, 0.15) is 17.3 Å². The molecule has 4 rings (SSSR count). The van der Waals surface area contributed by atoms with Gasteiger partial charge in [-0.3, -0.25) is 4.79 Å². The minimum atomic E-state index is -0.754. The highest BCUT2D eigenvalue weighted by atomic mass is 16.7. The van der Waals surface area contributed by atoms with Gasteiger partial charge in [-0.2, -0.15) is 0 Å². The fourth-order valence-corrected chi connectivity index (χ4v) is 5.65. The van der Waals surface area contributed by atoms with E-state index in [0.717, 1.165) is 42.7 Å². The van der Waals surface area contributed by atoms with Crippen molar-refractivity contribution in [2.75, 3.05) is 27.4 Å². The standard InChI is InChI=1S/C35H42O7/c1-38-32-20-10-9-19-29(32)30-25-31(36)28(27(30)17-11-13-23-40-26-15-5-3-6-16-26)18-7-4-8-21-33(35(37)39-2)42-34-22-12-14-24-41-34/h3,5-11,15-17,19-20,27-28,30,33-34H,12-14,18,21-25H2,1-2H3/b17-11+/t4?,27-,28-,30-,33?,34?/m1/s1. The third kappa shape index (κ3) is 8.93. The summed E-state index contributed by atoms with van der Waals surface area (Å²) in [6, 6.07) is 17.7. The smallest absolute Gasteiger partial charge is 0.335 e. The van der Waals surface area contributed by atoms with Crippen molar-refractivity contribution in [3.63, 3.8) is 0 Å². The van der Waals surface area contributed by atoms with E-state index in [1.165, 1.54) is 7.11 Å². The number of carbonyl (C=O) groups excluding carboxylic acids is 2. The lowest BCUT2D eigenvalue weighted by Gasteiger charge is -2.25. The lowest BCUT2D eigenvalue weighted by Crippen LogP contribution is -2.33. The van der Waals surface area contributed by atoms with Gasteiger partial charge in [0.15, 0.2) is 12.4 Å². The van der Waals surface area contributed by atoms with E-state index in [-0.39, 0.29) is 23.5 Å². The lowest BCUT2D eigenvalue weighted by molar-refractivity contribution is -0.201. The quantitative estimate of drug-likeness (QED) is 0.109. The first kappa shape index (κ1) is 31.3. The molecule has 7 nitrogen and oxygen atoms in total. The molecule has 5 atom stereocenters. The van der Waals surface area contributed by atoms with Crippen LogP contribution in [0.3, 0.4) is 0 Å². The molecule has 224 valence electrons. The minimum absolute atomic E-state index is 0.0122. The van der Waals surface area contributed by atoms with Crippen LogP contribution < -0.4 is 9.47 Å². The molecule has 1 aliphatic heterocycles. The first-order valence-electron chi connectivity index (χ1n) is 14.8. The molecule has 2 aromatic carbocycles. The summed E-state index contributed by atoms with van der Waals surface area (Å²) < 4.78 is 27.9. The van der Waals surface area contributed by atoms with Crippen LogP contribution in [0.25, 0.3) is 0 Å². The number of allylic oxidation sites excluding steroid dienone is 1. The Morgan fingerprint density at radius 2 is 1.88 bits per heavy atom. The maximum Gasteiger partial charge on any atom is 0.335 e. The van der Waals surface area contributed by atoms with E-state index in [1.807, 2.05) is 54.6 Å². The summed E-state index contributed by atoms with van der Waals surface area (Å²) in [5.41, 5.74) is 4.22. The summed E-state index contributed by atoms with van der Waals surface area (Å²) in [7, 11) is 3.02. The predicted molar refractivity (Wildman–Crippen MR) is 160 cm³/mol. The van der Waals surface area contributed by atoms with E-state index in [9.17, 15) is 9.59 Å². The largest absolute Gasteiger partial charge is 0.496 e. The van der Waals surface area contributed by atoms with Gasteiger partial charge in [-0.05, 0) is 73.9 Å². The molecule has 0 bridgehead atoms. The van der Waals surface area contributed by atoms with Crippen molar-refractivity contribution in [1.82, 2.24) is 0 Å². The van der Waals surface area contributed by atoms with Crippen LogP contribution in [-0.2, 0) is 23.8 Å². The molecule has 2 fully saturated rings. The molecule has 0 aromatic heterocycles. The Bertz CT molecular complexity index is 1220. The molecule has 0 radical (unpaired) electrons. The Morgan fingerprint density at radius 1 is 1.07 bits per heavy atom. The fourth-order valence-electron chi connectivity index (χ4n) is 5.65. The highest BCUT2D eigenvalue weighted by molar-refractivity contribution is 5.85. The number of ether oxygens (including phenoxy) is 5. The van der Waals surface area contributed by atoms with Crippen molar-refractivity contribution in [2.45, 2.75) is 63.3 Å². The van der Waals surface area contributed by atoms with Crippen LogP contribution in [0.15, 0.2) is 84.6 Å². The summed E-state index contributed by atoms with van der Waals surface area (Å²) in [6.07, 6.45) is 11.6. The number of para-hydroxylation sites is 2. The highest BCUT2D eigenvalue weighted by Gasteiger charge is 2.41. The maximum absolute atomic E-state index is 13.3. The molecule has 0 amide bonds. The van der Waals surface area contributed by atoms with Crippen LogP contribution >= 0.6 is 0 Å². The number of benzene rings is 2. The third-order valence-electron chi connectivity index (χ3n) is 7.81. The van der Waals surface area contributed by atoms with Crippen LogP contribution in [0.4, 0.5) is 0 Å². The van der Waals surface area contributed by atoms with Crippen molar-refractivity contribution in [3.05, 3.63) is 90.2 Å². The Labute approximate surface area is 249 Å². The van der Waals surface area contributed by atoms with E-state index >= 15 is 0 Å². The molecule has 2 aromatic rings. The van der Waals surface area contributed by atoms with Crippen LogP contribution in [0, 0.1) is 11.8 Å². The van der Waals surface area contributed by atoms with E-state index in [0.29, 0.717) is 32.5 Å². The van der Waals surface area contributed by atoms with Gasteiger partial charge in [-0.25, -0.2) is 4.79 Å². The van der Waals surface area contributed by atoms with Crippen LogP contribution in [-0.4, -0.2) is 51.6 Å². The van der Waals surface area contributed by atoms with Gasteiger partial charge in [0, 0.05) is 31.3 Å². The molecule has 1 heterocycles. The van der Waals surface area contributed by atoms with Gasteiger partial charge in [0.25, 0.3) is 0 Å². The minimum Gasteiger partial charge on any atom is -0.496 e. The van der Waals surface area contributed by atoms with Crippen LogP contribution in [0.1, 0.15) is 56.4 Å². The second kappa shape index (κ2) is 16.7. The third-order valence-corrected chi connectivity index (χ3v) is 7.81. The van der Waals surface area contributed by atoms with Crippen molar-refractivity contribution in [1.29, 1.82) is 0 Å². The first-order valence-corrected chi connectivity index (χ1v) is 14.8. The Hall–Kier alpha value is -3.64. The van der Waals surface area contributed by atoms with Gasteiger partial charge in [-0.15, -0.1) is 5.73 Å². The summed E-state index contributed by atoms with van der Waals surface area (Å²) in [4.78, 5) is 25.6. The molecule has 7 heteroatoms. The zero-order valence-corrected chi connectivity index (χ0v) is 24.6. The van der Waals surface area contributed by atoms with E-state index in [4.69, 9.17) is 23.7 Å². The Morgan fingerprint density at radius 3 is 2.64 bits per heavy atom. The molecule has 0 N–H and O–H groups in total. The highest BCUT2D eigenvalue weighted by Crippen LogP contribution is 2.46. The zero-order valence-electron chi connectivity index (χ0n) is 24.6. The van der Waals surface area contributed by atoms with Gasteiger partial charge < -0.3 is 23.7 Å². The van der Waals surface area contributed by atoms with Gasteiger partial charge >= 0.3 is 5.97 Å². The SMILES string of the molecule is COC(=O)C(CC=C=CC[C@H]1C(=O)C[C@@H](c2ccccc2OC)[C@@H]1/C=C/CCOc1ccccc1)OC1CCCCO1. The second-order valence-corrected chi connectivity index (χ2v) is 10.6. The van der Waals surface area contributed by atoms with Gasteiger partial charge in [0.2, 0.25) is 0 Å². The zero-order chi connectivity index (χ0) is 29.6. The Kier molecular flexibility index (Phi) is 12.5. The maximum atomic E-state index is 13.3. The second-order valence-electron chi connectivity index (χ2n) is 10.6. The van der Waals surface area contributed by atoms with E-state index in [2.05, 4.69) is 23.9 Å². The number of Topliss-reactive ketones (excluding diaryl/α,β-unsaturated/α-hetero) is 1. The molecular weight excluding hydrogens is 532 g/mol. The average molecular weight is 575 g/mol. The molecule has 1 saturated heterocycles. The number of ketones is 1. The van der Waals surface area contributed by atoms with Crippen LogP contribution in [0.2, 0.25) is 0 Å². The summed E-state index contributed by atoms with van der Waals surface area (Å²) in [5.74, 6) is 1.28. The van der Waals surface area contributed by atoms with Crippen molar-refractivity contribution in [2.24, 2.45) is 11.8 Å². The first-order chi connectivity index (χ1) is 20.6.